The number of rotatable bonds is 12. The van der Waals surface area contributed by atoms with Crippen molar-refractivity contribution in [3.63, 3.8) is 0 Å². The molecule has 1 aromatic carbocycles. The zero-order valence-corrected chi connectivity index (χ0v) is 16.3. The number of unbranched alkanes of at least 4 members (excludes halogenated alkanes) is 5. The molecule has 0 radical (unpaired) electrons. The average Bonchev–Trinajstić information content (AvgIpc) is 2.84. The number of nitrogens with zero attached hydrogens (tertiary/aromatic N) is 1. The third kappa shape index (κ3) is 7.36. The van der Waals surface area contributed by atoms with Crippen LogP contribution in [0.2, 0.25) is 0 Å². The number of carboxylic acid groups (broad SMARTS) is 1. The summed E-state index contributed by atoms with van der Waals surface area (Å²) in [6, 6.07) is 6.43. The lowest BCUT2D eigenvalue weighted by Gasteiger charge is -2.19. The van der Waals surface area contributed by atoms with Gasteiger partial charge < -0.3 is 14.7 Å². The fourth-order valence-corrected chi connectivity index (χ4v) is 3.67. The lowest BCUT2D eigenvalue weighted by molar-refractivity contribution is -0.137. The second kappa shape index (κ2) is 11.9. The molecule has 146 valence electrons. The summed E-state index contributed by atoms with van der Waals surface area (Å²) in [5.41, 5.74) is 2.75. The number of aliphatic carboxylic acids is 1. The maximum Gasteiger partial charge on any atom is 0.303 e. The van der Waals surface area contributed by atoms with Crippen molar-refractivity contribution < 1.29 is 14.6 Å². The van der Waals surface area contributed by atoms with Gasteiger partial charge in [-0.15, -0.1) is 0 Å². The van der Waals surface area contributed by atoms with Gasteiger partial charge in [-0.25, -0.2) is 0 Å². The number of carboxylic acids is 1. The molecule has 1 N–H and O–H groups in total. The van der Waals surface area contributed by atoms with E-state index < -0.39 is 5.97 Å². The van der Waals surface area contributed by atoms with Crippen LogP contribution in [-0.4, -0.2) is 42.2 Å². The highest BCUT2D eigenvalue weighted by Crippen LogP contribution is 2.26. The summed E-state index contributed by atoms with van der Waals surface area (Å²) in [6.07, 6.45) is 10.7. The van der Waals surface area contributed by atoms with Gasteiger partial charge in [0.05, 0.1) is 6.61 Å². The Hall–Kier alpha value is -1.55. The number of hydrogen-bond acceptors (Lipinski definition) is 3. The molecular weight excluding hydrogens is 326 g/mol. The number of carbonyl (C=O) groups is 1. The first kappa shape index (κ1) is 20.8. The van der Waals surface area contributed by atoms with Crippen molar-refractivity contribution in [3.05, 3.63) is 29.3 Å². The van der Waals surface area contributed by atoms with Crippen LogP contribution in [0.25, 0.3) is 0 Å². The van der Waals surface area contributed by atoms with Crippen LogP contribution in [0.3, 0.4) is 0 Å². The second-order valence-corrected chi connectivity index (χ2v) is 7.35. The van der Waals surface area contributed by atoms with Crippen molar-refractivity contribution in [2.45, 2.75) is 71.1 Å². The van der Waals surface area contributed by atoms with Gasteiger partial charge in [0.25, 0.3) is 0 Å². The van der Waals surface area contributed by atoms with Crippen molar-refractivity contribution >= 4 is 5.97 Å². The molecule has 1 heterocycles. The Kier molecular flexibility index (Phi) is 9.54. The smallest absolute Gasteiger partial charge is 0.303 e. The van der Waals surface area contributed by atoms with E-state index in [9.17, 15) is 4.79 Å². The summed E-state index contributed by atoms with van der Waals surface area (Å²) in [7, 11) is 0. The Morgan fingerprint density at radius 1 is 1.08 bits per heavy atom. The molecule has 0 unspecified atom stereocenters. The molecule has 0 atom stereocenters. The van der Waals surface area contributed by atoms with E-state index in [-0.39, 0.29) is 6.42 Å². The fraction of sp³-hybridized carbons (Fsp3) is 0.682. The Labute approximate surface area is 158 Å². The van der Waals surface area contributed by atoms with Gasteiger partial charge >= 0.3 is 5.97 Å². The Balaban J connectivity index is 1.78. The van der Waals surface area contributed by atoms with Crippen LogP contribution in [0.1, 0.15) is 69.4 Å². The van der Waals surface area contributed by atoms with Crippen molar-refractivity contribution in [2.75, 3.05) is 26.2 Å². The van der Waals surface area contributed by atoms with Crippen molar-refractivity contribution in [1.82, 2.24) is 4.90 Å². The van der Waals surface area contributed by atoms with Gasteiger partial charge in [-0.1, -0.05) is 51.2 Å². The van der Waals surface area contributed by atoms with E-state index >= 15 is 0 Å². The van der Waals surface area contributed by atoms with E-state index in [0.717, 1.165) is 57.7 Å². The third-order valence-electron chi connectivity index (χ3n) is 5.23. The molecule has 1 aliphatic heterocycles. The van der Waals surface area contributed by atoms with Gasteiger partial charge in [0, 0.05) is 19.5 Å². The predicted octanol–water partition coefficient (Wildman–Crippen LogP) is 4.69. The Morgan fingerprint density at radius 3 is 2.65 bits per heavy atom. The molecule has 0 bridgehead atoms. The predicted molar refractivity (Wildman–Crippen MR) is 106 cm³/mol. The SMILES string of the molecule is CCCCCCCCOc1cccc2c1CCN(CCCC(=O)O)CC2. The molecule has 0 aliphatic carbocycles. The molecule has 0 aromatic heterocycles. The number of hydrogen-bond donors (Lipinski definition) is 1. The molecule has 0 saturated heterocycles. The maximum atomic E-state index is 10.7. The summed E-state index contributed by atoms with van der Waals surface area (Å²) < 4.78 is 6.12. The van der Waals surface area contributed by atoms with Gasteiger partial charge in [0.2, 0.25) is 0 Å². The lowest BCUT2D eigenvalue weighted by Crippen LogP contribution is -2.27. The van der Waals surface area contributed by atoms with E-state index in [2.05, 4.69) is 30.0 Å². The molecule has 26 heavy (non-hydrogen) atoms. The quantitative estimate of drug-likeness (QED) is 0.549. The minimum atomic E-state index is -0.700. The van der Waals surface area contributed by atoms with Crippen LogP contribution in [0.5, 0.6) is 5.75 Å². The number of fused-ring (bicyclic) bond motifs is 1. The first-order chi connectivity index (χ1) is 12.7. The highest BCUT2D eigenvalue weighted by atomic mass is 16.5. The van der Waals surface area contributed by atoms with E-state index in [1.54, 1.807) is 0 Å². The highest BCUT2D eigenvalue weighted by Gasteiger charge is 2.17. The normalized spacial score (nSPS) is 14.7. The molecule has 2 rings (SSSR count). The number of benzene rings is 1. The minimum Gasteiger partial charge on any atom is -0.493 e. The molecular formula is C22H35NO3. The van der Waals surface area contributed by atoms with E-state index in [0.29, 0.717) is 0 Å². The largest absolute Gasteiger partial charge is 0.493 e. The maximum absolute atomic E-state index is 10.7. The van der Waals surface area contributed by atoms with Gasteiger partial charge in [-0.2, -0.15) is 0 Å². The van der Waals surface area contributed by atoms with Gasteiger partial charge in [-0.05, 0) is 49.4 Å². The summed E-state index contributed by atoms with van der Waals surface area (Å²) in [6.45, 7) is 5.92. The lowest BCUT2D eigenvalue weighted by atomic mass is 10.0. The summed E-state index contributed by atoms with van der Waals surface area (Å²) in [5.74, 6) is 0.358. The van der Waals surface area contributed by atoms with E-state index in [1.165, 1.54) is 43.2 Å². The second-order valence-electron chi connectivity index (χ2n) is 7.35. The zero-order chi connectivity index (χ0) is 18.6. The topological polar surface area (TPSA) is 49.8 Å². The molecule has 0 saturated carbocycles. The van der Waals surface area contributed by atoms with Crippen LogP contribution >= 0.6 is 0 Å². The van der Waals surface area contributed by atoms with E-state index in [1.807, 2.05) is 0 Å². The molecule has 0 fully saturated rings. The molecule has 4 heteroatoms. The molecule has 4 nitrogen and oxygen atoms in total. The van der Waals surface area contributed by atoms with Crippen LogP contribution in [0, 0.1) is 0 Å². The van der Waals surface area contributed by atoms with Crippen LogP contribution in [-0.2, 0) is 17.6 Å². The molecule has 0 spiro atoms. The van der Waals surface area contributed by atoms with Gasteiger partial charge in [0.1, 0.15) is 5.75 Å². The average molecular weight is 362 g/mol. The summed E-state index contributed by atoms with van der Waals surface area (Å²) in [5, 5.41) is 8.80. The van der Waals surface area contributed by atoms with Gasteiger partial charge in [-0.3, -0.25) is 4.79 Å². The van der Waals surface area contributed by atoms with Crippen LogP contribution in [0.4, 0.5) is 0 Å². The van der Waals surface area contributed by atoms with Crippen LogP contribution in [0.15, 0.2) is 18.2 Å². The molecule has 1 aromatic rings. The summed E-state index contributed by atoms with van der Waals surface area (Å²) in [4.78, 5) is 13.1. The Morgan fingerprint density at radius 2 is 1.85 bits per heavy atom. The molecule has 1 aliphatic rings. The Bertz CT molecular complexity index is 544. The first-order valence-electron chi connectivity index (χ1n) is 10.4. The van der Waals surface area contributed by atoms with Crippen LogP contribution < -0.4 is 4.74 Å². The zero-order valence-electron chi connectivity index (χ0n) is 16.3. The minimum absolute atomic E-state index is 0.260. The number of ether oxygens (including phenoxy) is 1. The molecule has 0 amide bonds. The standard InChI is InChI=1S/C22H35NO3/c1-2-3-4-5-6-7-18-26-21-11-8-10-19-13-16-23(17-14-20(19)21)15-9-12-22(24)25/h8,10-11H,2-7,9,12-18H2,1H3,(H,24,25). The monoisotopic (exact) mass is 361 g/mol. The third-order valence-corrected chi connectivity index (χ3v) is 5.23. The fourth-order valence-electron chi connectivity index (χ4n) is 3.67. The van der Waals surface area contributed by atoms with Crippen molar-refractivity contribution in [3.8, 4) is 5.75 Å². The van der Waals surface area contributed by atoms with E-state index in [4.69, 9.17) is 9.84 Å². The van der Waals surface area contributed by atoms with Gasteiger partial charge in [0.15, 0.2) is 0 Å². The van der Waals surface area contributed by atoms with Crippen molar-refractivity contribution in [1.29, 1.82) is 0 Å². The van der Waals surface area contributed by atoms with Crippen molar-refractivity contribution in [2.24, 2.45) is 0 Å². The first-order valence-corrected chi connectivity index (χ1v) is 10.4. The highest BCUT2D eigenvalue weighted by molar-refractivity contribution is 5.66. The summed E-state index contributed by atoms with van der Waals surface area (Å²) >= 11 is 0.